The average molecular weight is 381 g/mol. The summed E-state index contributed by atoms with van der Waals surface area (Å²) in [6.07, 6.45) is 0.0999. The second-order valence-corrected chi connectivity index (χ2v) is 6.63. The number of nitrogens with zero attached hydrogens (tertiary/aromatic N) is 3. The van der Waals surface area contributed by atoms with E-state index in [4.69, 9.17) is 15.2 Å². The molecule has 3 N–H and O–H groups in total. The monoisotopic (exact) mass is 381 g/mol. The number of aryl methyl sites for hydroxylation is 1. The number of hydrogen-bond donors (Lipinski definition) is 2. The Bertz CT molecular complexity index is 937. The van der Waals surface area contributed by atoms with E-state index in [-0.39, 0.29) is 11.7 Å². The minimum absolute atomic E-state index is 0.0999. The van der Waals surface area contributed by atoms with E-state index in [9.17, 15) is 4.79 Å². The van der Waals surface area contributed by atoms with Gasteiger partial charge >= 0.3 is 0 Å². The van der Waals surface area contributed by atoms with Crippen LogP contribution < -0.4 is 10.5 Å². The van der Waals surface area contributed by atoms with Gasteiger partial charge in [-0.25, -0.2) is 0 Å². The van der Waals surface area contributed by atoms with Gasteiger partial charge in [0, 0.05) is 5.56 Å². The van der Waals surface area contributed by atoms with Gasteiger partial charge < -0.3 is 15.2 Å². The zero-order chi connectivity index (χ0) is 20.1. The highest BCUT2D eigenvalue weighted by Gasteiger charge is 2.19. The maximum absolute atomic E-state index is 12.0. The third-order valence-electron chi connectivity index (χ3n) is 4.13. The number of H-pyrrole nitrogens is 1. The minimum atomic E-state index is -0.597. The van der Waals surface area contributed by atoms with Crippen LogP contribution in [-0.2, 0) is 4.74 Å². The fourth-order valence-electron chi connectivity index (χ4n) is 2.76. The van der Waals surface area contributed by atoms with E-state index in [1.165, 1.54) is 0 Å². The molecule has 3 rings (SSSR count). The summed E-state index contributed by atoms with van der Waals surface area (Å²) in [7, 11) is 0. The lowest BCUT2D eigenvalue weighted by Crippen LogP contribution is -2.16. The standard InChI is InChI=1S/C20H23N5O3/c1-12(2)27-8-9-28-18-11-15(14-6-4-13(3)5-7-14)16(10-17(18)19(21)26)20-22-24-25-23-20/h4-7,10-12H,8-9H2,1-3H3,(H2,21,26)(H,22,23,24,25). The summed E-state index contributed by atoms with van der Waals surface area (Å²) in [5.74, 6) is 0.162. The van der Waals surface area contributed by atoms with E-state index in [0.29, 0.717) is 30.4 Å². The first-order valence-electron chi connectivity index (χ1n) is 8.99. The third kappa shape index (κ3) is 4.52. The summed E-state index contributed by atoms with van der Waals surface area (Å²) < 4.78 is 11.3. The van der Waals surface area contributed by atoms with Gasteiger partial charge in [0.05, 0.1) is 18.3 Å². The van der Waals surface area contributed by atoms with Crippen LogP contribution in [-0.4, -0.2) is 45.8 Å². The molecule has 0 aliphatic heterocycles. The number of carbonyl (C=O) groups is 1. The third-order valence-corrected chi connectivity index (χ3v) is 4.13. The minimum Gasteiger partial charge on any atom is -0.490 e. The van der Waals surface area contributed by atoms with E-state index in [1.807, 2.05) is 45.0 Å². The summed E-state index contributed by atoms with van der Waals surface area (Å²) in [5, 5.41) is 14.2. The van der Waals surface area contributed by atoms with Crippen molar-refractivity contribution in [3.63, 3.8) is 0 Å². The van der Waals surface area contributed by atoms with Gasteiger partial charge in [-0.3, -0.25) is 4.79 Å². The fraction of sp³-hybridized carbons (Fsp3) is 0.300. The molecule has 0 spiro atoms. The number of benzene rings is 2. The molecule has 8 heteroatoms. The van der Waals surface area contributed by atoms with E-state index in [1.54, 1.807) is 12.1 Å². The maximum atomic E-state index is 12.0. The molecule has 1 heterocycles. The van der Waals surface area contributed by atoms with Crippen molar-refractivity contribution in [1.82, 2.24) is 20.6 Å². The van der Waals surface area contributed by atoms with Crippen LogP contribution in [0, 0.1) is 6.92 Å². The Labute approximate surface area is 163 Å². The number of aromatic nitrogens is 4. The van der Waals surface area contributed by atoms with Crippen molar-refractivity contribution in [1.29, 1.82) is 0 Å². The SMILES string of the molecule is Cc1ccc(-c2cc(OCCOC(C)C)c(C(N)=O)cc2-c2nn[nH]n2)cc1. The molecule has 0 fully saturated rings. The zero-order valence-electron chi connectivity index (χ0n) is 16.1. The Balaban J connectivity index is 2.05. The molecule has 0 saturated carbocycles. The molecule has 28 heavy (non-hydrogen) atoms. The van der Waals surface area contributed by atoms with Crippen molar-refractivity contribution < 1.29 is 14.3 Å². The van der Waals surface area contributed by atoms with E-state index >= 15 is 0 Å². The molecule has 0 aliphatic rings. The van der Waals surface area contributed by atoms with Crippen LogP contribution in [0.5, 0.6) is 5.75 Å². The van der Waals surface area contributed by atoms with Crippen LogP contribution in [0.1, 0.15) is 29.8 Å². The maximum Gasteiger partial charge on any atom is 0.252 e. The first-order valence-corrected chi connectivity index (χ1v) is 8.99. The number of nitrogens with two attached hydrogens (primary N) is 1. The van der Waals surface area contributed by atoms with Crippen molar-refractivity contribution in [2.45, 2.75) is 26.9 Å². The van der Waals surface area contributed by atoms with E-state index in [2.05, 4.69) is 20.6 Å². The van der Waals surface area contributed by atoms with Crippen LogP contribution >= 0.6 is 0 Å². The number of nitrogens with one attached hydrogen (secondary N) is 1. The number of ether oxygens (including phenoxy) is 2. The molecular formula is C20H23N5O3. The summed E-state index contributed by atoms with van der Waals surface area (Å²) >= 11 is 0. The molecular weight excluding hydrogens is 358 g/mol. The molecule has 3 aromatic rings. The first kappa shape index (κ1) is 19.5. The number of rotatable bonds is 8. The second kappa shape index (κ2) is 8.62. The van der Waals surface area contributed by atoms with Gasteiger partial charge in [0.2, 0.25) is 5.82 Å². The number of aromatic amines is 1. The number of tetrazole rings is 1. The summed E-state index contributed by atoms with van der Waals surface area (Å²) in [4.78, 5) is 12.0. The van der Waals surface area contributed by atoms with Gasteiger partial charge in [-0.2, -0.15) is 5.21 Å². The molecule has 0 bridgehead atoms. The summed E-state index contributed by atoms with van der Waals surface area (Å²) in [6.45, 7) is 6.62. The lowest BCUT2D eigenvalue weighted by Gasteiger charge is -2.15. The van der Waals surface area contributed by atoms with Crippen molar-refractivity contribution >= 4 is 5.91 Å². The number of hydrogen-bond acceptors (Lipinski definition) is 6. The highest BCUT2D eigenvalue weighted by molar-refractivity contribution is 5.99. The van der Waals surface area contributed by atoms with Crippen LogP contribution in [0.25, 0.3) is 22.5 Å². The smallest absolute Gasteiger partial charge is 0.252 e. The zero-order valence-corrected chi connectivity index (χ0v) is 16.1. The van der Waals surface area contributed by atoms with Gasteiger partial charge in [-0.05, 0) is 49.2 Å². The topological polar surface area (TPSA) is 116 Å². The van der Waals surface area contributed by atoms with Crippen LogP contribution in [0.3, 0.4) is 0 Å². The lowest BCUT2D eigenvalue weighted by atomic mass is 9.95. The van der Waals surface area contributed by atoms with Crippen molar-refractivity contribution in [2.24, 2.45) is 5.73 Å². The molecule has 0 aliphatic carbocycles. The van der Waals surface area contributed by atoms with Crippen molar-refractivity contribution in [3.05, 3.63) is 47.5 Å². The molecule has 8 nitrogen and oxygen atoms in total. The predicted molar refractivity (Wildman–Crippen MR) is 105 cm³/mol. The Morgan fingerprint density at radius 1 is 1.14 bits per heavy atom. The fourth-order valence-corrected chi connectivity index (χ4v) is 2.76. The molecule has 0 radical (unpaired) electrons. The number of primary amides is 1. The number of amides is 1. The molecule has 1 aromatic heterocycles. The van der Waals surface area contributed by atoms with Gasteiger partial charge in [-0.1, -0.05) is 29.8 Å². The second-order valence-electron chi connectivity index (χ2n) is 6.63. The van der Waals surface area contributed by atoms with Gasteiger partial charge in [0.15, 0.2) is 0 Å². The van der Waals surface area contributed by atoms with Gasteiger partial charge in [0.1, 0.15) is 12.4 Å². The Hall–Kier alpha value is -3.26. The normalized spacial score (nSPS) is 11.0. The van der Waals surface area contributed by atoms with Crippen molar-refractivity contribution in [2.75, 3.05) is 13.2 Å². The quantitative estimate of drug-likeness (QED) is 0.580. The molecule has 1 amide bonds. The highest BCUT2D eigenvalue weighted by Crippen LogP contribution is 2.36. The van der Waals surface area contributed by atoms with Gasteiger partial charge in [0.25, 0.3) is 5.91 Å². The first-order chi connectivity index (χ1) is 13.5. The van der Waals surface area contributed by atoms with E-state index in [0.717, 1.165) is 16.7 Å². The molecule has 146 valence electrons. The summed E-state index contributed by atoms with van der Waals surface area (Å²) in [5.41, 5.74) is 9.36. The lowest BCUT2D eigenvalue weighted by molar-refractivity contribution is 0.0549. The average Bonchev–Trinajstić information content (AvgIpc) is 3.19. The van der Waals surface area contributed by atoms with Crippen LogP contribution in [0.15, 0.2) is 36.4 Å². The van der Waals surface area contributed by atoms with Gasteiger partial charge in [-0.15, -0.1) is 10.2 Å². The van der Waals surface area contributed by atoms with Crippen molar-refractivity contribution in [3.8, 4) is 28.3 Å². The Morgan fingerprint density at radius 2 is 1.89 bits per heavy atom. The Kier molecular flexibility index (Phi) is 6.00. The van der Waals surface area contributed by atoms with Crippen LogP contribution in [0.4, 0.5) is 0 Å². The largest absolute Gasteiger partial charge is 0.490 e. The Morgan fingerprint density at radius 3 is 2.50 bits per heavy atom. The number of carbonyl (C=O) groups excluding carboxylic acids is 1. The predicted octanol–water partition coefficient (Wildman–Crippen LogP) is 2.74. The molecule has 0 atom stereocenters. The molecule has 0 saturated heterocycles. The molecule has 2 aromatic carbocycles. The highest BCUT2D eigenvalue weighted by atomic mass is 16.5. The molecule has 0 unspecified atom stereocenters. The summed E-state index contributed by atoms with van der Waals surface area (Å²) in [6, 6.07) is 11.4. The van der Waals surface area contributed by atoms with Crippen LogP contribution in [0.2, 0.25) is 0 Å². The van der Waals surface area contributed by atoms with E-state index < -0.39 is 5.91 Å².